The monoisotopic (exact) mass is 234 g/mol. The third-order valence-electron chi connectivity index (χ3n) is 4.07. The van der Waals surface area contributed by atoms with Gasteiger partial charge >= 0.3 is 0 Å². The number of methoxy groups -OCH3 is 1. The number of anilines is 1. The Labute approximate surface area is 101 Å². The predicted molar refractivity (Wildman–Crippen MR) is 65.0 cm³/mol. The Morgan fingerprint density at radius 1 is 1.29 bits per heavy atom. The molecule has 1 aliphatic carbocycles. The minimum Gasteiger partial charge on any atom is -0.481 e. The summed E-state index contributed by atoms with van der Waals surface area (Å²) in [5, 5.41) is 0. The Balaban J connectivity index is 1.81. The van der Waals surface area contributed by atoms with Crippen molar-refractivity contribution in [2.24, 2.45) is 17.6 Å². The van der Waals surface area contributed by atoms with E-state index in [2.05, 4.69) is 14.9 Å². The number of fused-ring (bicyclic) bond motifs is 2. The van der Waals surface area contributed by atoms with Crippen LogP contribution in [0.5, 0.6) is 5.88 Å². The highest BCUT2D eigenvalue weighted by Crippen LogP contribution is 2.37. The van der Waals surface area contributed by atoms with Crippen LogP contribution in [0.4, 0.5) is 5.82 Å². The van der Waals surface area contributed by atoms with Crippen LogP contribution in [-0.2, 0) is 0 Å². The van der Waals surface area contributed by atoms with E-state index in [4.69, 9.17) is 10.5 Å². The smallest absolute Gasteiger partial charge is 0.218 e. The lowest BCUT2D eigenvalue weighted by Crippen LogP contribution is -2.49. The van der Waals surface area contributed by atoms with E-state index in [0.717, 1.165) is 18.9 Å². The van der Waals surface area contributed by atoms with Crippen molar-refractivity contribution in [2.45, 2.75) is 18.9 Å². The highest BCUT2D eigenvalue weighted by Gasteiger charge is 2.40. The lowest BCUT2D eigenvalue weighted by Gasteiger charge is -2.36. The fourth-order valence-electron chi connectivity index (χ4n) is 3.07. The van der Waals surface area contributed by atoms with Crippen LogP contribution >= 0.6 is 0 Å². The van der Waals surface area contributed by atoms with Crippen LogP contribution in [0.1, 0.15) is 12.8 Å². The second kappa shape index (κ2) is 4.14. The van der Waals surface area contributed by atoms with E-state index in [-0.39, 0.29) is 0 Å². The van der Waals surface area contributed by atoms with Gasteiger partial charge < -0.3 is 15.4 Å². The largest absolute Gasteiger partial charge is 0.481 e. The molecule has 0 spiro atoms. The normalized spacial score (nSPS) is 31.6. The second-order valence-corrected chi connectivity index (χ2v) is 5.00. The molecule has 2 atom stereocenters. The number of rotatable bonds is 2. The average molecular weight is 234 g/mol. The molecule has 92 valence electrons. The first kappa shape index (κ1) is 10.8. The highest BCUT2D eigenvalue weighted by molar-refractivity contribution is 5.42. The first-order valence-electron chi connectivity index (χ1n) is 6.14. The molecule has 2 N–H and O–H groups in total. The second-order valence-electron chi connectivity index (χ2n) is 5.00. The number of ether oxygens (including phenoxy) is 1. The summed E-state index contributed by atoms with van der Waals surface area (Å²) < 4.78 is 5.13. The van der Waals surface area contributed by atoms with Gasteiger partial charge in [0, 0.05) is 25.2 Å². The molecule has 0 amide bonds. The third-order valence-corrected chi connectivity index (χ3v) is 4.07. The van der Waals surface area contributed by atoms with Gasteiger partial charge in [0.15, 0.2) is 0 Å². The molecule has 0 radical (unpaired) electrons. The Morgan fingerprint density at radius 2 is 2.00 bits per heavy atom. The molecule has 1 aromatic rings. The van der Waals surface area contributed by atoms with Gasteiger partial charge in [-0.3, -0.25) is 0 Å². The first-order chi connectivity index (χ1) is 8.28. The van der Waals surface area contributed by atoms with Crippen LogP contribution < -0.4 is 15.4 Å². The summed E-state index contributed by atoms with van der Waals surface area (Å²) in [6, 6.07) is 2.28. The van der Waals surface area contributed by atoms with Crippen LogP contribution in [0.15, 0.2) is 12.4 Å². The van der Waals surface area contributed by atoms with Crippen LogP contribution in [-0.4, -0.2) is 36.2 Å². The number of hydrogen-bond donors (Lipinski definition) is 1. The topological polar surface area (TPSA) is 64.3 Å². The molecule has 3 rings (SSSR count). The molecular weight excluding hydrogens is 216 g/mol. The maximum Gasteiger partial charge on any atom is 0.218 e. The summed E-state index contributed by atoms with van der Waals surface area (Å²) in [4.78, 5) is 10.7. The van der Waals surface area contributed by atoms with Crippen molar-refractivity contribution in [2.75, 3.05) is 25.1 Å². The molecule has 2 heterocycles. The Bertz CT molecular complexity index is 397. The zero-order valence-electron chi connectivity index (χ0n) is 10.0. The zero-order chi connectivity index (χ0) is 11.8. The molecule has 1 aromatic heterocycles. The van der Waals surface area contributed by atoms with Gasteiger partial charge in [0.2, 0.25) is 5.88 Å². The Morgan fingerprint density at radius 3 is 2.65 bits per heavy atom. The summed E-state index contributed by atoms with van der Waals surface area (Å²) in [6.45, 7) is 2.02. The number of nitrogens with two attached hydrogens (primary N) is 1. The quantitative estimate of drug-likeness (QED) is 0.814. The molecule has 2 bridgehead atoms. The van der Waals surface area contributed by atoms with Gasteiger partial charge in [0.05, 0.1) is 7.11 Å². The molecule has 5 heteroatoms. The number of piperidine rings is 1. The van der Waals surface area contributed by atoms with Crippen molar-refractivity contribution in [1.29, 1.82) is 0 Å². The summed E-state index contributed by atoms with van der Waals surface area (Å²) in [5.74, 6) is 2.82. The predicted octanol–water partition coefficient (Wildman–Crippen LogP) is 0.659. The van der Waals surface area contributed by atoms with E-state index < -0.39 is 0 Å². The van der Waals surface area contributed by atoms with Gasteiger partial charge in [-0.05, 0) is 24.7 Å². The molecule has 0 aromatic carbocycles. The molecule has 2 aliphatic rings. The lowest BCUT2D eigenvalue weighted by atomic mass is 9.93. The molecule has 17 heavy (non-hydrogen) atoms. The van der Waals surface area contributed by atoms with Gasteiger partial charge in [0.25, 0.3) is 0 Å². The van der Waals surface area contributed by atoms with E-state index in [1.807, 2.05) is 6.07 Å². The molecule has 2 unspecified atom stereocenters. The van der Waals surface area contributed by atoms with Crippen LogP contribution in [0, 0.1) is 11.8 Å². The molecule has 1 aliphatic heterocycles. The van der Waals surface area contributed by atoms with Crippen molar-refractivity contribution in [1.82, 2.24) is 9.97 Å². The van der Waals surface area contributed by atoms with E-state index in [1.54, 1.807) is 13.4 Å². The summed E-state index contributed by atoms with van der Waals surface area (Å²) >= 11 is 0. The molecule has 2 fully saturated rings. The number of nitrogens with zero attached hydrogens (tertiary/aromatic N) is 3. The van der Waals surface area contributed by atoms with Crippen LogP contribution in [0.2, 0.25) is 0 Å². The van der Waals surface area contributed by atoms with E-state index >= 15 is 0 Å². The Kier molecular flexibility index (Phi) is 2.63. The van der Waals surface area contributed by atoms with Crippen molar-refractivity contribution in [3.05, 3.63) is 12.4 Å². The van der Waals surface area contributed by atoms with Gasteiger partial charge in [-0.1, -0.05) is 0 Å². The average Bonchev–Trinajstić information content (AvgIpc) is 2.61. The fourth-order valence-corrected chi connectivity index (χ4v) is 3.07. The van der Waals surface area contributed by atoms with Gasteiger partial charge in [0.1, 0.15) is 12.1 Å². The van der Waals surface area contributed by atoms with Crippen molar-refractivity contribution < 1.29 is 4.74 Å². The Hall–Kier alpha value is -1.36. The summed E-state index contributed by atoms with van der Waals surface area (Å²) in [7, 11) is 1.63. The van der Waals surface area contributed by atoms with Gasteiger partial charge in [-0.25, -0.2) is 9.97 Å². The van der Waals surface area contributed by atoms with Gasteiger partial charge in [-0.15, -0.1) is 0 Å². The summed E-state index contributed by atoms with van der Waals surface area (Å²) in [6.07, 6.45) is 4.07. The first-order valence-corrected chi connectivity index (χ1v) is 6.14. The number of hydrogen-bond acceptors (Lipinski definition) is 5. The molecular formula is C12H18N4O. The lowest BCUT2D eigenvalue weighted by molar-refractivity contribution is 0.353. The number of aromatic nitrogens is 2. The van der Waals surface area contributed by atoms with E-state index in [1.165, 1.54) is 12.8 Å². The van der Waals surface area contributed by atoms with Crippen LogP contribution in [0.3, 0.4) is 0 Å². The summed E-state index contributed by atoms with van der Waals surface area (Å²) in [5.41, 5.74) is 6.20. The highest BCUT2D eigenvalue weighted by atomic mass is 16.5. The zero-order valence-corrected chi connectivity index (χ0v) is 10.0. The van der Waals surface area contributed by atoms with E-state index in [0.29, 0.717) is 23.8 Å². The maximum absolute atomic E-state index is 6.20. The van der Waals surface area contributed by atoms with Crippen molar-refractivity contribution in [3.8, 4) is 5.88 Å². The fraction of sp³-hybridized carbons (Fsp3) is 0.667. The van der Waals surface area contributed by atoms with Crippen LogP contribution in [0.25, 0.3) is 0 Å². The van der Waals surface area contributed by atoms with E-state index in [9.17, 15) is 0 Å². The molecule has 1 saturated heterocycles. The standard InChI is InChI=1S/C12H18N4O/c1-17-11-4-10(14-7-15-11)16-5-8-2-3-9(6-16)12(8)13/h4,7-9,12H,2-3,5-6,13H2,1H3. The van der Waals surface area contributed by atoms with Crippen molar-refractivity contribution in [3.63, 3.8) is 0 Å². The SMILES string of the molecule is COc1cc(N2CC3CCC(C2)C3N)ncn1. The molecule has 1 saturated carbocycles. The van der Waals surface area contributed by atoms with Crippen molar-refractivity contribution >= 4 is 5.82 Å². The minimum atomic E-state index is 0.384. The maximum atomic E-state index is 6.20. The third kappa shape index (κ3) is 1.84. The van der Waals surface area contributed by atoms with Gasteiger partial charge in [-0.2, -0.15) is 0 Å². The molecule has 5 nitrogen and oxygen atoms in total. The minimum absolute atomic E-state index is 0.384.